The molecule has 0 saturated carbocycles. The van der Waals surface area contributed by atoms with Gasteiger partial charge in [-0.2, -0.15) is 4.98 Å². The van der Waals surface area contributed by atoms with Gasteiger partial charge in [0.15, 0.2) is 5.65 Å². The molecule has 0 fully saturated rings. The monoisotopic (exact) mass is 384 g/mol. The van der Waals surface area contributed by atoms with E-state index >= 15 is 0 Å². The van der Waals surface area contributed by atoms with Gasteiger partial charge in [-0.15, -0.1) is 0 Å². The summed E-state index contributed by atoms with van der Waals surface area (Å²) in [6.45, 7) is 3.58. The minimum Gasteiger partial charge on any atom is -0.481 e. The normalized spacial score (nSPS) is 12.1. The van der Waals surface area contributed by atoms with Crippen LogP contribution < -0.4 is 15.5 Å². The number of hydroxylamine groups is 1. The Labute approximate surface area is 161 Å². The van der Waals surface area contributed by atoms with Crippen LogP contribution in [0.2, 0.25) is 0 Å². The first-order valence-electron chi connectivity index (χ1n) is 8.74. The van der Waals surface area contributed by atoms with Gasteiger partial charge in [0.2, 0.25) is 5.88 Å². The number of aromatic nitrogens is 2. The molecule has 8 heteroatoms. The lowest BCUT2D eigenvalue weighted by Gasteiger charge is -2.20. The predicted octanol–water partition coefficient (Wildman–Crippen LogP) is 3.77. The van der Waals surface area contributed by atoms with Crippen LogP contribution in [0.3, 0.4) is 0 Å². The van der Waals surface area contributed by atoms with E-state index in [0.717, 1.165) is 5.39 Å². The molecule has 3 aromatic rings. The fourth-order valence-corrected chi connectivity index (χ4v) is 3.12. The summed E-state index contributed by atoms with van der Waals surface area (Å²) in [4.78, 5) is 20.4. The molecule has 28 heavy (non-hydrogen) atoms. The van der Waals surface area contributed by atoms with Gasteiger partial charge in [-0.1, -0.05) is 19.9 Å². The molecule has 7 nitrogen and oxygen atoms in total. The fourth-order valence-electron chi connectivity index (χ4n) is 3.12. The number of methoxy groups -OCH3 is 1. The molecule has 1 atom stereocenters. The summed E-state index contributed by atoms with van der Waals surface area (Å²) < 4.78 is 19.8. The first-order chi connectivity index (χ1) is 13.4. The summed E-state index contributed by atoms with van der Waals surface area (Å²) >= 11 is 0. The largest absolute Gasteiger partial charge is 0.481 e. The van der Waals surface area contributed by atoms with E-state index in [2.05, 4.69) is 15.3 Å². The molecule has 0 aliphatic heterocycles. The zero-order chi connectivity index (χ0) is 20.3. The van der Waals surface area contributed by atoms with Gasteiger partial charge in [0.05, 0.1) is 18.7 Å². The Morgan fingerprint density at radius 2 is 2.00 bits per heavy atom. The van der Waals surface area contributed by atoms with E-state index in [1.807, 2.05) is 6.07 Å². The van der Waals surface area contributed by atoms with Gasteiger partial charge in [-0.05, 0) is 30.2 Å². The van der Waals surface area contributed by atoms with Crippen molar-refractivity contribution in [3.8, 4) is 5.88 Å². The second-order valence-electron chi connectivity index (χ2n) is 6.64. The van der Waals surface area contributed by atoms with Crippen LogP contribution in [0, 0.1) is 11.7 Å². The molecule has 146 valence electrons. The maximum atomic E-state index is 14.7. The number of amides is 1. The summed E-state index contributed by atoms with van der Waals surface area (Å²) in [5.41, 5.74) is 3.55. The van der Waals surface area contributed by atoms with Crippen molar-refractivity contribution in [2.24, 2.45) is 5.92 Å². The summed E-state index contributed by atoms with van der Waals surface area (Å²) in [7, 11) is 1.53. The number of hydrogen-bond acceptors (Lipinski definition) is 6. The van der Waals surface area contributed by atoms with E-state index in [9.17, 15) is 9.18 Å². The number of hydrogen-bond donors (Lipinski definition) is 3. The lowest BCUT2D eigenvalue weighted by Crippen LogP contribution is -2.30. The third-order valence-electron chi connectivity index (χ3n) is 4.46. The first kappa shape index (κ1) is 19.5. The van der Waals surface area contributed by atoms with Gasteiger partial charge in [-0.3, -0.25) is 10.0 Å². The number of nitrogens with one attached hydrogen (secondary N) is 2. The zero-order valence-corrected chi connectivity index (χ0v) is 15.7. The molecule has 3 N–H and O–H groups in total. The highest BCUT2D eigenvalue weighted by atomic mass is 19.1. The Hall–Kier alpha value is -3.26. The van der Waals surface area contributed by atoms with Crippen molar-refractivity contribution in [3.63, 3.8) is 0 Å². The number of fused-ring (bicyclic) bond motifs is 1. The second-order valence-corrected chi connectivity index (χ2v) is 6.64. The van der Waals surface area contributed by atoms with Gasteiger partial charge >= 0.3 is 0 Å². The number of anilines is 2. The average Bonchev–Trinajstić information content (AvgIpc) is 2.69. The molecule has 0 aliphatic carbocycles. The lowest BCUT2D eigenvalue weighted by atomic mass is 9.87. The summed E-state index contributed by atoms with van der Waals surface area (Å²) in [6.07, 6.45) is 1.60. The number of benzene rings is 1. The standard InChI is InChI=1S/C20H21FN4O3/c1-11(2)18(20(26)25-27)13-5-4-12(10-15(13)21)23-16-8-9-22-19-14(16)6-7-17(24-19)28-3/h4-11,18,27H,1-3H3,(H,25,26)(H,22,23,24). The summed E-state index contributed by atoms with van der Waals surface area (Å²) in [6, 6.07) is 9.85. The van der Waals surface area contributed by atoms with E-state index in [1.165, 1.54) is 13.2 Å². The second kappa shape index (κ2) is 8.18. The Morgan fingerprint density at radius 1 is 1.21 bits per heavy atom. The van der Waals surface area contributed by atoms with E-state index in [-0.39, 0.29) is 11.5 Å². The van der Waals surface area contributed by atoms with Crippen molar-refractivity contribution in [2.45, 2.75) is 19.8 Å². The van der Waals surface area contributed by atoms with Crippen LogP contribution in [-0.2, 0) is 4.79 Å². The van der Waals surface area contributed by atoms with Crippen molar-refractivity contribution < 1.29 is 19.1 Å². The maximum absolute atomic E-state index is 14.7. The molecule has 0 bridgehead atoms. The number of carbonyl (C=O) groups excluding carboxylic acids is 1. The fraction of sp³-hybridized carbons (Fsp3) is 0.250. The Morgan fingerprint density at radius 3 is 2.64 bits per heavy atom. The van der Waals surface area contributed by atoms with E-state index < -0.39 is 17.6 Å². The Bertz CT molecular complexity index is 1010. The van der Waals surface area contributed by atoms with Gasteiger partial charge < -0.3 is 10.1 Å². The third-order valence-corrected chi connectivity index (χ3v) is 4.46. The molecule has 3 rings (SSSR count). The smallest absolute Gasteiger partial charge is 0.251 e. The summed E-state index contributed by atoms with van der Waals surface area (Å²) in [5, 5.41) is 12.8. The molecular formula is C20H21FN4O3. The topological polar surface area (TPSA) is 96.4 Å². The highest BCUT2D eigenvalue weighted by Crippen LogP contribution is 2.31. The molecule has 1 aromatic carbocycles. The Balaban J connectivity index is 1.93. The highest BCUT2D eigenvalue weighted by molar-refractivity contribution is 5.91. The van der Waals surface area contributed by atoms with Crippen LogP contribution in [0.1, 0.15) is 25.3 Å². The SMILES string of the molecule is COc1ccc2c(Nc3ccc(C(C(=O)NO)C(C)C)c(F)c3)ccnc2n1. The van der Waals surface area contributed by atoms with E-state index in [4.69, 9.17) is 9.94 Å². The first-order valence-corrected chi connectivity index (χ1v) is 8.74. The quantitative estimate of drug-likeness (QED) is 0.442. The lowest BCUT2D eigenvalue weighted by molar-refractivity contribution is -0.131. The molecule has 0 radical (unpaired) electrons. The van der Waals surface area contributed by atoms with Gasteiger partial charge in [0, 0.05) is 28.9 Å². The van der Waals surface area contributed by atoms with E-state index in [1.54, 1.807) is 49.8 Å². The molecule has 0 aliphatic rings. The van der Waals surface area contributed by atoms with Crippen LogP contribution >= 0.6 is 0 Å². The van der Waals surface area contributed by atoms with Crippen molar-refractivity contribution in [2.75, 3.05) is 12.4 Å². The molecule has 1 unspecified atom stereocenters. The van der Waals surface area contributed by atoms with Gasteiger partial charge in [0.1, 0.15) is 5.82 Å². The van der Waals surface area contributed by atoms with Crippen LogP contribution in [0.25, 0.3) is 11.0 Å². The minimum absolute atomic E-state index is 0.189. The van der Waals surface area contributed by atoms with Crippen molar-refractivity contribution in [3.05, 3.63) is 54.0 Å². The number of ether oxygens (including phenoxy) is 1. The molecule has 0 saturated heterocycles. The number of carbonyl (C=O) groups is 1. The Kier molecular flexibility index (Phi) is 5.70. The zero-order valence-electron chi connectivity index (χ0n) is 15.7. The van der Waals surface area contributed by atoms with Crippen molar-refractivity contribution in [1.82, 2.24) is 15.4 Å². The number of rotatable bonds is 6. The van der Waals surface area contributed by atoms with E-state index in [0.29, 0.717) is 22.9 Å². The number of nitrogens with zero attached hydrogens (tertiary/aromatic N) is 2. The predicted molar refractivity (Wildman–Crippen MR) is 103 cm³/mol. The molecule has 2 heterocycles. The molecular weight excluding hydrogens is 363 g/mol. The number of halogens is 1. The van der Waals surface area contributed by atoms with Gasteiger partial charge in [0.25, 0.3) is 5.91 Å². The molecule has 0 spiro atoms. The summed E-state index contributed by atoms with van der Waals surface area (Å²) in [5.74, 6) is -1.71. The van der Waals surface area contributed by atoms with Crippen LogP contribution in [0.4, 0.5) is 15.8 Å². The van der Waals surface area contributed by atoms with Crippen LogP contribution in [-0.4, -0.2) is 28.2 Å². The van der Waals surface area contributed by atoms with Crippen molar-refractivity contribution >= 4 is 28.3 Å². The van der Waals surface area contributed by atoms with Crippen molar-refractivity contribution in [1.29, 1.82) is 0 Å². The van der Waals surface area contributed by atoms with Crippen LogP contribution in [0.15, 0.2) is 42.6 Å². The molecule has 2 aromatic heterocycles. The molecule has 1 amide bonds. The third kappa shape index (κ3) is 3.86. The minimum atomic E-state index is -0.794. The van der Waals surface area contributed by atoms with Crippen LogP contribution in [0.5, 0.6) is 5.88 Å². The highest BCUT2D eigenvalue weighted by Gasteiger charge is 2.26. The van der Waals surface area contributed by atoms with Gasteiger partial charge in [-0.25, -0.2) is 14.9 Å². The maximum Gasteiger partial charge on any atom is 0.251 e. The number of pyridine rings is 2. The average molecular weight is 384 g/mol.